The van der Waals surface area contributed by atoms with Gasteiger partial charge >= 0.3 is 5.97 Å². The molecule has 1 aromatic heterocycles. The number of aromatic nitrogens is 1. The summed E-state index contributed by atoms with van der Waals surface area (Å²) in [4.78, 5) is 37.8. The lowest BCUT2D eigenvalue weighted by atomic mass is 10.1. The molecule has 1 aromatic carbocycles. The van der Waals surface area contributed by atoms with Crippen molar-refractivity contribution in [1.82, 2.24) is 10.3 Å². The minimum absolute atomic E-state index is 0.0908. The summed E-state index contributed by atoms with van der Waals surface area (Å²) in [7, 11) is 1.35. The molecule has 0 aliphatic heterocycles. The molecule has 0 radical (unpaired) electrons. The molecule has 142 valence electrons. The molecule has 2 rings (SSSR count). The van der Waals surface area contributed by atoms with Crippen molar-refractivity contribution < 1.29 is 24.4 Å². The number of aliphatic carboxylic acids is 1. The number of carboxylic acid groups (broad SMARTS) is 1. The molecule has 10 nitrogen and oxygen atoms in total. The van der Waals surface area contributed by atoms with Crippen molar-refractivity contribution in [3.8, 4) is 5.75 Å². The minimum atomic E-state index is -1.19. The first kappa shape index (κ1) is 19.8. The second-order valence-electron chi connectivity index (χ2n) is 5.53. The third-order valence-electron chi connectivity index (χ3n) is 3.63. The van der Waals surface area contributed by atoms with Crippen LogP contribution in [0.15, 0.2) is 42.7 Å². The summed E-state index contributed by atoms with van der Waals surface area (Å²) in [5, 5.41) is 25.4. The number of carbonyl (C=O) groups is 2. The van der Waals surface area contributed by atoms with E-state index >= 15 is 0 Å². The van der Waals surface area contributed by atoms with Gasteiger partial charge in [0, 0.05) is 31.1 Å². The molecule has 1 unspecified atom stereocenters. The molecule has 0 aliphatic carbocycles. The Balaban J connectivity index is 2.04. The number of carbonyl (C=O) groups excluding carboxylic acids is 1. The third-order valence-corrected chi connectivity index (χ3v) is 3.63. The minimum Gasteiger partial charge on any atom is -0.495 e. The Kier molecular flexibility index (Phi) is 6.78. The summed E-state index contributed by atoms with van der Waals surface area (Å²) < 4.78 is 5.06. The molecule has 3 N–H and O–H groups in total. The number of carboxylic acids is 1. The van der Waals surface area contributed by atoms with Crippen LogP contribution in [0.2, 0.25) is 0 Å². The second kappa shape index (κ2) is 9.25. The van der Waals surface area contributed by atoms with Gasteiger partial charge in [-0.1, -0.05) is 6.07 Å². The van der Waals surface area contributed by atoms with Crippen LogP contribution in [0.3, 0.4) is 0 Å². The van der Waals surface area contributed by atoms with E-state index in [2.05, 4.69) is 15.6 Å². The molecule has 27 heavy (non-hydrogen) atoms. The molecule has 10 heteroatoms. The molecule has 2 aromatic rings. The molecule has 0 fully saturated rings. The van der Waals surface area contributed by atoms with Crippen LogP contribution in [0.1, 0.15) is 12.0 Å². The molecule has 0 saturated heterocycles. The van der Waals surface area contributed by atoms with Crippen LogP contribution in [-0.4, -0.2) is 40.0 Å². The van der Waals surface area contributed by atoms with E-state index in [-0.39, 0.29) is 30.1 Å². The maximum Gasteiger partial charge on any atom is 0.321 e. The third kappa shape index (κ3) is 5.75. The number of methoxy groups -OCH3 is 1. The Morgan fingerprint density at radius 2 is 2.15 bits per heavy atom. The van der Waals surface area contributed by atoms with Crippen molar-refractivity contribution in [3.05, 3.63) is 58.4 Å². The fourth-order valence-corrected chi connectivity index (χ4v) is 2.28. The quantitative estimate of drug-likeness (QED) is 0.443. The van der Waals surface area contributed by atoms with Crippen LogP contribution in [-0.2, 0) is 16.1 Å². The lowest BCUT2D eigenvalue weighted by molar-refractivity contribution is -0.384. The number of rotatable bonds is 9. The van der Waals surface area contributed by atoms with E-state index in [9.17, 15) is 24.8 Å². The van der Waals surface area contributed by atoms with Gasteiger partial charge in [0.2, 0.25) is 5.91 Å². The lowest BCUT2D eigenvalue weighted by Crippen LogP contribution is -2.39. The van der Waals surface area contributed by atoms with Crippen molar-refractivity contribution in [2.24, 2.45) is 0 Å². The number of anilines is 1. The highest BCUT2D eigenvalue weighted by molar-refractivity contribution is 5.95. The highest BCUT2D eigenvalue weighted by atomic mass is 16.6. The number of nitro groups is 1. The summed E-state index contributed by atoms with van der Waals surface area (Å²) in [6, 6.07) is 6.08. The summed E-state index contributed by atoms with van der Waals surface area (Å²) in [6.07, 6.45) is 2.81. The van der Waals surface area contributed by atoms with Crippen LogP contribution >= 0.6 is 0 Å². The van der Waals surface area contributed by atoms with Crippen LogP contribution in [0.5, 0.6) is 5.75 Å². The number of pyridine rings is 1. The van der Waals surface area contributed by atoms with Crippen LogP contribution in [0.4, 0.5) is 11.4 Å². The predicted molar refractivity (Wildman–Crippen MR) is 95.4 cm³/mol. The first-order chi connectivity index (χ1) is 12.9. The Bertz CT molecular complexity index is 827. The Morgan fingerprint density at radius 1 is 1.37 bits per heavy atom. The lowest BCUT2D eigenvalue weighted by Gasteiger charge is -2.15. The van der Waals surface area contributed by atoms with Gasteiger partial charge in [0.15, 0.2) is 0 Å². The average Bonchev–Trinajstić information content (AvgIpc) is 2.65. The molecule has 0 spiro atoms. The zero-order valence-electron chi connectivity index (χ0n) is 14.4. The Morgan fingerprint density at radius 3 is 2.74 bits per heavy atom. The first-order valence-corrected chi connectivity index (χ1v) is 7.88. The Labute approximate surface area is 154 Å². The van der Waals surface area contributed by atoms with Crippen molar-refractivity contribution in [2.75, 3.05) is 12.4 Å². The van der Waals surface area contributed by atoms with Crippen molar-refractivity contribution in [3.63, 3.8) is 0 Å². The van der Waals surface area contributed by atoms with E-state index in [1.54, 1.807) is 24.5 Å². The van der Waals surface area contributed by atoms with E-state index in [4.69, 9.17) is 4.74 Å². The SMILES string of the molecule is COc1ccc([N+](=O)[O-])cc1NC(=O)CC(NCc1cccnc1)C(=O)O. The number of benzene rings is 1. The number of non-ortho nitro benzene ring substituents is 1. The largest absolute Gasteiger partial charge is 0.495 e. The number of amides is 1. The monoisotopic (exact) mass is 374 g/mol. The number of hydrogen-bond acceptors (Lipinski definition) is 7. The Hall–Kier alpha value is -3.53. The number of nitrogens with one attached hydrogen (secondary N) is 2. The normalized spacial score (nSPS) is 11.4. The fraction of sp³-hybridized carbons (Fsp3) is 0.235. The van der Waals surface area contributed by atoms with Crippen LogP contribution < -0.4 is 15.4 Å². The molecular formula is C17H18N4O6. The van der Waals surface area contributed by atoms with Gasteiger partial charge in [0.25, 0.3) is 5.69 Å². The van der Waals surface area contributed by atoms with E-state index in [1.165, 1.54) is 19.2 Å². The highest BCUT2D eigenvalue weighted by Gasteiger charge is 2.22. The maximum atomic E-state index is 12.2. The highest BCUT2D eigenvalue weighted by Crippen LogP contribution is 2.29. The smallest absolute Gasteiger partial charge is 0.321 e. The second-order valence-corrected chi connectivity index (χ2v) is 5.53. The van der Waals surface area contributed by atoms with Gasteiger partial charge < -0.3 is 15.2 Å². The molecule has 0 aliphatic rings. The number of nitro benzene ring substituents is 1. The van der Waals surface area contributed by atoms with Gasteiger partial charge in [-0.05, 0) is 17.7 Å². The summed E-state index contributed by atoms with van der Waals surface area (Å²) in [6.45, 7) is 0.220. The van der Waals surface area contributed by atoms with E-state index in [1.807, 2.05) is 0 Å². The first-order valence-electron chi connectivity index (χ1n) is 7.88. The standard InChI is InChI=1S/C17H18N4O6/c1-27-15-5-4-12(21(25)26)7-13(15)20-16(22)8-14(17(23)24)19-10-11-3-2-6-18-9-11/h2-7,9,14,19H,8,10H2,1H3,(H,20,22)(H,23,24). The van der Waals surface area contributed by atoms with E-state index < -0.39 is 22.8 Å². The van der Waals surface area contributed by atoms with Gasteiger partial charge in [-0.2, -0.15) is 0 Å². The van der Waals surface area contributed by atoms with Gasteiger partial charge in [-0.3, -0.25) is 30.0 Å². The van der Waals surface area contributed by atoms with E-state index in [0.29, 0.717) is 0 Å². The van der Waals surface area contributed by atoms with Gasteiger partial charge in [0.1, 0.15) is 11.8 Å². The number of ether oxygens (including phenoxy) is 1. The average molecular weight is 374 g/mol. The number of nitrogens with zero attached hydrogens (tertiary/aromatic N) is 2. The molecule has 0 saturated carbocycles. The summed E-state index contributed by atoms with van der Waals surface area (Å²) in [5.41, 5.74) is 0.633. The van der Waals surface area contributed by atoms with E-state index in [0.717, 1.165) is 11.6 Å². The van der Waals surface area contributed by atoms with Crippen molar-refractivity contribution >= 4 is 23.3 Å². The molecular weight excluding hydrogens is 356 g/mol. The summed E-state index contributed by atoms with van der Waals surface area (Å²) in [5.74, 6) is -1.59. The predicted octanol–water partition coefficient (Wildman–Crippen LogP) is 1.57. The van der Waals surface area contributed by atoms with Gasteiger partial charge in [-0.25, -0.2) is 0 Å². The summed E-state index contributed by atoms with van der Waals surface area (Å²) >= 11 is 0. The maximum absolute atomic E-state index is 12.2. The topological polar surface area (TPSA) is 144 Å². The van der Waals surface area contributed by atoms with Crippen molar-refractivity contribution in [1.29, 1.82) is 0 Å². The zero-order chi connectivity index (χ0) is 19.8. The van der Waals surface area contributed by atoms with Crippen LogP contribution in [0.25, 0.3) is 0 Å². The molecule has 0 bridgehead atoms. The molecule has 1 amide bonds. The fourth-order valence-electron chi connectivity index (χ4n) is 2.28. The zero-order valence-corrected chi connectivity index (χ0v) is 14.4. The van der Waals surface area contributed by atoms with Gasteiger partial charge in [-0.15, -0.1) is 0 Å². The number of hydrogen-bond donors (Lipinski definition) is 3. The van der Waals surface area contributed by atoms with Crippen molar-refractivity contribution in [2.45, 2.75) is 19.0 Å². The molecule has 1 atom stereocenters. The van der Waals surface area contributed by atoms with Gasteiger partial charge in [0.05, 0.1) is 24.1 Å². The van der Waals surface area contributed by atoms with Crippen LogP contribution in [0, 0.1) is 10.1 Å². The molecule has 1 heterocycles.